The molecule has 0 amide bonds. The highest BCUT2D eigenvalue weighted by Crippen LogP contribution is 2.28. The Labute approximate surface area is 141 Å². The van der Waals surface area contributed by atoms with Gasteiger partial charge in [-0.2, -0.15) is 13.2 Å². The van der Waals surface area contributed by atoms with Crippen LogP contribution in [-0.4, -0.2) is 37.5 Å². The standard InChI is InChI=1S/C16H17F3N4O2/c1-8-12(21-9(2)13(8)14(24)25)7-23-4-3-11-10(6-23)5-20-15(22-11)16(17,18)19/h5,21H,3-4,6-7H2,1-2H3,(H,24,25). The number of nitrogens with one attached hydrogen (secondary N) is 1. The van der Waals surface area contributed by atoms with Crippen molar-refractivity contribution in [1.29, 1.82) is 0 Å². The third kappa shape index (κ3) is 3.37. The van der Waals surface area contributed by atoms with Crippen LogP contribution in [0.5, 0.6) is 0 Å². The first-order chi connectivity index (χ1) is 11.7. The van der Waals surface area contributed by atoms with Crippen molar-refractivity contribution in [2.45, 2.75) is 39.5 Å². The summed E-state index contributed by atoms with van der Waals surface area (Å²) in [5.74, 6) is -2.09. The predicted molar refractivity (Wildman–Crippen MR) is 82.1 cm³/mol. The van der Waals surface area contributed by atoms with Crippen LogP contribution in [0.25, 0.3) is 0 Å². The maximum absolute atomic E-state index is 12.7. The van der Waals surface area contributed by atoms with Crippen LogP contribution in [-0.2, 0) is 25.7 Å². The number of rotatable bonds is 3. The fourth-order valence-corrected chi connectivity index (χ4v) is 3.16. The molecular formula is C16H17F3N4O2. The lowest BCUT2D eigenvalue weighted by molar-refractivity contribution is -0.145. The van der Waals surface area contributed by atoms with Gasteiger partial charge in [0.25, 0.3) is 0 Å². The average Bonchev–Trinajstić information content (AvgIpc) is 2.79. The van der Waals surface area contributed by atoms with Crippen molar-refractivity contribution >= 4 is 5.97 Å². The van der Waals surface area contributed by atoms with Crippen LogP contribution in [0.1, 0.15) is 44.4 Å². The monoisotopic (exact) mass is 354 g/mol. The highest BCUT2D eigenvalue weighted by atomic mass is 19.4. The summed E-state index contributed by atoms with van der Waals surface area (Å²) in [6, 6.07) is 0. The van der Waals surface area contributed by atoms with Crippen molar-refractivity contribution in [2.24, 2.45) is 0 Å². The number of fused-ring (bicyclic) bond motifs is 1. The average molecular weight is 354 g/mol. The van der Waals surface area contributed by atoms with E-state index in [1.807, 2.05) is 4.90 Å². The number of carboxylic acid groups (broad SMARTS) is 1. The molecule has 0 radical (unpaired) electrons. The van der Waals surface area contributed by atoms with Crippen molar-refractivity contribution < 1.29 is 23.1 Å². The van der Waals surface area contributed by atoms with Gasteiger partial charge in [-0.1, -0.05) is 0 Å². The minimum atomic E-state index is -4.54. The number of alkyl halides is 3. The Morgan fingerprint density at radius 2 is 2.12 bits per heavy atom. The largest absolute Gasteiger partial charge is 0.478 e. The number of aryl methyl sites for hydroxylation is 1. The SMILES string of the molecule is Cc1[nH]c(CN2CCc3nc(C(F)(F)F)ncc3C2)c(C)c1C(=O)O. The number of aromatic nitrogens is 3. The third-order valence-electron chi connectivity index (χ3n) is 4.40. The second kappa shape index (κ2) is 6.14. The summed E-state index contributed by atoms with van der Waals surface area (Å²) in [5, 5.41) is 9.25. The fourth-order valence-electron chi connectivity index (χ4n) is 3.16. The van der Waals surface area contributed by atoms with Crippen LogP contribution >= 0.6 is 0 Å². The summed E-state index contributed by atoms with van der Waals surface area (Å²) in [7, 11) is 0. The Hall–Kier alpha value is -2.42. The zero-order valence-electron chi connectivity index (χ0n) is 13.7. The molecule has 134 valence electrons. The van der Waals surface area contributed by atoms with E-state index in [1.165, 1.54) is 6.20 Å². The van der Waals surface area contributed by atoms with Crippen LogP contribution in [0, 0.1) is 13.8 Å². The Morgan fingerprint density at radius 1 is 1.40 bits per heavy atom. The number of aromatic amines is 1. The third-order valence-corrected chi connectivity index (χ3v) is 4.40. The van der Waals surface area contributed by atoms with Crippen LogP contribution < -0.4 is 0 Å². The normalized spacial score (nSPS) is 15.2. The van der Waals surface area contributed by atoms with Gasteiger partial charge in [0.05, 0.1) is 11.3 Å². The number of nitrogens with zero attached hydrogens (tertiary/aromatic N) is 3. The van der Waals surface area contributed by atoms with E-state index >= 15 is 0 Å². The molecule has 6 nitrogen and oxygen atoms in total. The van der Waals surface area contributed by atoms with Gasteiger partial charge in [0.1, 0.15) is 0 Å². The number of aromatic carboxylic acids is 1. The molecule has 0 fully saturated rings. The molecule has 2 aromatic heterocycles. The highest BCUT2D eigenvalue weighted by Gasteiger charge is 2.35. The molecule has 0 aromatic carbocycles. The summed E-state index contributed by atoms with van der Waals surface area (Å²) < 4.78 is 38.1. The molecule has 0 bridgehead atoms. The Bertz CT molecular complexity index is 830. The van der Waals surface area contributed by atoms with Gasteiger partial charge in [-0.05, 0) is 19.4 Å². The maximum atomic E-state index is 12.7. The van der Waals surface area contributed by atoms with Gasteiger partial charge in [-0.3, -0.25) is 4.90 Å². The molecular weight excluding hydrogens is 337 g/mol. The summed E-state index contributed by atoms with van der Waals surface area (Å²) >= 11 is 0. The van der Waals surface area contributed by atoms with Crippen LogP contribution in [0.4, 0.5) is 13.2 Å². The van der Waals surface area contributed by atoms with E-state index in [2.05, 4.69) is 15.0 Å². The van der Waals surface area contributed by atoms with Crippen LogP contribution in [0.2, 0.25) is 0 Å². The van der Waals surface area contributed by atoms with Gasteiger partial charge in [0.2, 0.25) is 5.82 Å². The van der Waals surface area contributed by atoms with Gasteiger partial charge < -0.3 is 10.1 Å². The first-order valence-corrected chi connectivity index (χ1v) is 7.72. The van der Waals surface area contributed by atoms with E-state index in [1.54, 1.807) is 13.8 Å². The number of H-pyrrole nitrogens is 1. The molecule has 2 N–H and O–H groups in total. The summed E-state index contributed by atoms with van der Waals surface area (Å²) in [6.07, 6.45) is -2.92. The minimum Gasteiger partial charge on any atom is -0.478 e. The van der Waals surface area contributed by atoms with Crippen molar-refractivity contribution in [2.75, 3.05) is 6.54 Å². The molecule has 3 rings (SSSR count). The summed E-state index contributed by atoms with van der Waals surface area (Å²) in [5.41, 5.74) is 3.43. The number of hydrogen-bond acceptors (Lipinski definition) is 4. The van der Waals surface area contributed by atoms with E-state index in [-0.39, 0.29) is 5.56 Å². The summed E-state index contributed by atoms with van der Waals surface area (Å²) in [6.45, 7) is 4.91. The minimum absolute atomic E-state index is 0.269. The zero-order valence-corrected chi connectivity index (χ0v) is 13.7. The second-order valence-corrected chi connectivity index (χ2v) is 6.16. The van der Waals surface area contributed by atoms with Gasteiger partial charge in [-0.25, -0.2) is 14.8 Å². The topological polar surface area (TPSA) is 82.1 Å². The second-order valence-electron chi connectivity index (χ2n) is 6.16. The first-order valence-electron chi connectivity index (χ1n) is 7.72. The van der Waals surface area contributed by atoms with Crippen molar-refractivity contribution in [3.05, 3.63) is 45.8 Å². The lowest BCUT2D eigenvalue weighted by atomic mass is 10.1. The predicted octanol–water partition coefficient (Wildman–Crippen LogP) is 2.70. The molecule has 0 aliphatic carbocycles. The van der Waals surface area contributed by atoms with E-state index in [0.29, 0.717) is 48.6 Å². The summed E-state index contributed by atoms with van der Waals surface area (Å²) in [4.78, 5) is 23.5. The van der Waals surface area contributed by atoms with Gasteiger partial charge in [-0.15, -0.1) is 0 Å². The Morgan fingerprint density at radius 3 is 2.72 bits per heavy atom. The van der Waals surface area contributed by atoms with Gasteiger partial charge in [0, 0.05) is 49.2 Å². The highest BCUT2D eigenvalue weighted by molar-refractivity contribution is 5.91. The fraction of sp³-hybridized carbons (Fsp3) is 0.438. The molecule has 0 saturated heterocycles. The molecule has 2 aromatic rings. The van der Waals surface area contributed by atoms with Crippen LogP contribution in [0.3, 0.4) is 0 Å². The molecule has 1 aliphatic heterocycles. The quantitative estimate of drug-likeness (QED) is 0.886. The molecule has 0 unspecified atom stereocenters. The van der Waals surface area contributed by atoms with Crippen molar-refractivity contribution in [3.8, 4) is 0 Å². The van der Waals surface area contributed by atoms with Gasteiger partial charge in [0.15, 0.2) is 0 Å². The Balaban J connectivity index is 1.78. The molecule has 1 aliphatic rings. The number of halogens is 3. The molecule has 0 saturated carbocycles. The van der Waals surface area contributed by atoms with Gasteiger partial charge >= 0.3 is 12.1 Å². The molecule has 9 heteroatoms. The first kappa shape index (κ1) is 17.4. The lowest BCUT2D eigenvalue weighted by Crippen LogP contribution is -2.32. The number of hydrogen-bond donors (Lipinski definition) is 2. The molecule has 0 atom stereocenters. The molecule has 0 spiro atoms. The zero-order chi connectivity index (χ0) is 18.4. The number of carbonyl (C=O) groups is 1. The van der Waals surface area contributed by atoms with Crippen molar-refractivity contribution in [3.63, 3.8) is 0 Å². The van der Waals surface area contributed by atoms with E-state index < -0.39 is 18.0 Å². The smallest absolute Gasteiger partial charge is 0.451 e. The molecule has 25 heavy (non-hydrogen) atoms. The van der Waals surface area contributed by atoms with E-state index in [0.717, 1.165) is 5.69 Å². The van der Waals surface area contributed by atoms with Crippen molar-refractivity contribution in [1.82, 2.24) is 19.9 Å². The Kier molecular flexibility index (Phi) is 4.28. The van der Waals surface area contributed by atoms with E-state index in [4.69, 9.17) is 0 Å². The lowest BCUT2D eigenvalue weighted by Gasteiger charge is -2.28. The number of carboxylic acids is 1. The maximum Gasteiger partial charge on any atom is 0.451 e. The van der Waals surface area contributed by atoms with Crippen LogP contribution in [0.15, 0.2) is 6.20 Å². The molecule has 3 heterocycles. The van der Waals surface area contributed by atoms with E-state index in [9.17, 15) is 23.1 Å².